The molecule has 0 saturated heterocycles. The van der Waals surface area contributed by atoms with Crippen LogP contribution in [0.15, 0.2) is 34.9 Å². The standard InChI is InChI=1S/C10H6N2OS/c11-5-7-2-1-3-8(4-7)9-6-13-10(14)12-9/h1-4,6H,(H,12,14). The third kappa shape index (κ3) is 1.58. The average molecular weight is 202 g/mol. The molecule has 0 spiro atoms. The van der Waals surface area contributed by atoms with Crippen LogP contribution in [-0.2, 0) is 0 Å². The SMILES string of the molecule is N#Cc1cccc(-c2coc(=S)[nH]2)c1. The molecule has 4 heteroatoms. The van der Waals surface area contributed by atoms with Crippen molar-refractivity contribution in [3.8, 4) is 17.3 Å². The monoisotopic (exact) mass is 202 g/mol. The van der Waals surface area contributed by atoms with Crippen molar-refractivity contribution < 1.29 is 4.42 Å². The van der Waals surface area contributed by atoms with Crippen LogP contribution in [0.25, 0.3) is 11.3 Å². The van der Waals surface area contributed by atoms with Gasteiger partial charge in [0.25, 0.3) is 4.84 Å². The summed E-state index contributed by atoms with van der Waals surface area (Å²) >= 11 is 4.81. The van der Waals surface area contributed by atoms with Gasteiger partial charge in [-0.3, -0.25) is 0 Å². The number of hydrogen-bond acceptors (Lipinski definition) is 3. The summed E-state index contributed by atoms with van der Waals surface area (Å²) in [5.74, 6) is 0. The number of hydrogen-bond donors (Lipinski definition) is 1. The van der Waals surface area contributed by atoms with E-state index in [9.17, 15) is 0 Å². The van der Waals surface area contributed by atoms with Crippen LogP contribution in [-0.4, -0.2) is 4.98 Å². The summed E-state index contributed by atoms with van der Waals surface area (Å²) in [6, 6.07) is 9.30. The maximum atomic E-state index is 8.71. The quantitative estimate of drug-likeness (QED) is 0.723. The largest absolute Gasteiger partial charge is 0.437 e. The first-order chi connectivity index (χ1) is 6.79. The summed E-state index contributed by atoms with van der Waals surface area (Å²) in [6.45, 7) is 0. The van der Waals surface area contributed by atoms with Gasteiger partial charge in [0.05, 0.1) is 17.3 Å². The molecule has 0 radical (unpaired) electrons. The van der Waals surface area contributed by atoms with Crippen molar-refractivity contribution in [1.82, 2.24) is 4.98 Å². The van der Waals surface area contributed by atoms with E-state index in [-0.39, 0.29) is 0 Å². The van der Waals surface area contributed by atoms with Crippen molar-refractivity contribution >= 4 is 12.2 Å². The molecule has 1 aromatic heterocycles. The summed E-state index contributed by atoms with van der Waals surface area (Å²) in [5.41, 5.74) is 2.29. The molecule has 0 amide bonds. The Hall–Kier alpha value is -1.86. The number of nitrogens with one attached hydrogen (secondary N) is 1. The van der Waals surface area contributed by atoms with Gasteiger partial charge in [-0.25, -0.2) is 0 Å². The van der Waals surface area contributed by atoms with Gasteiger partial charge in [0.15, 0.2) is 0 Å². The van der Waals surface area contributed by atoms with Gasteiger partial charge in [0.2, 0.25) is 0 Å². The van der Waals surface area contributed by atoms with E-state index in [1.165, 1.54) is 0 Å². The van der Waals surface area contributed by atoms with Crippen molar-refractivity contribution in [2.45, 2.75) is 0 Å². The van der Waals surface area contributed by atoms with Gasteiger partial charge in [-0.05, 0) is 24.4 Å². The molecule has 0 aliphatic rings. The number of nitriles is 1. The van der Waals surface area contributed by atoms with Gasteiger partial charge in [-0.2, -0.15) is 5.26 Å². The van der Waals surface area contributed by atoms with Crippen LogP contribution in [0.5, 0.6) is 0 Å². The fourth-order valence-corrected chi connectivity index (χ4v) is 1.34. The highest BCUT2D eigenvalue weighted by atomic mass is 32.1. The molecule has 0 saturated carbocycles. The molecule has 1 aromatic carbocycles. The van der Waals surface area contributed by atoms with Gasteiger partial charge in [-0.15, -0.1) is 0 Å². The van der Waals surface area contributed by atoms with Crippen LogP contribution >= 0.6 is 12.2 Å². The zero-order chi connectivity index (χ0) is 9.97. The Balaban J connectivity index is 2.53. The number of aromatic nitrogens is 1. The van der Waals surface area contributed by atoms with E-state index in [1.54, 1.807) is 18.4 Å². The lowest BCUT2D eigenvalue weighted by molar-refractivity contribution is 0.541. The Kier molecular flexibility index (Phi) is 2.17. The van der Waals surface area contributed by atoms with Gasteiger partial charge in [0, 0.05) is 5.56 Å². The number of aromatic amines is 1. The molecule has 2 rings (SSSR count). The fourth-order valence-electron chi connectivity index (χ4n) is 1.18. The lowest BCUT2D eigenvalue weighted by Gasteiger charge is -1.95. The summed E-state index contributed by atoms with van der Waals surface area (Å²) in [5, 5.41) is 8.71. The van der Waals surface area contributed by atoms with Crippen LogP contribution in [0, 0.1) is 16.2 Å². The summed E-state index contributed by atoms with van der Waals surface area (Å²) in [7, 11) is 0. The summed E-state index contributed by atoms with van der Waals surface area (Å²) in [6.07, 6.45) is 1.54. The second-order valence-electron chi connectivity index (χ2n) is 2.75. The normalized spacial score (nSPS) is 9.64. The van der Waals surface area contributed by atoms with E-state index in [0.717, 1.165) is 11.3 Å². The second kappa shape index (κ2) is 3.48. The number of oxazole rings is 1. The predicted molar refractivity (Wildman–Crippen MR) is 54.0 cm³/mol. The molecular formula is C10H6N2OS. The highest BCUT2D eigenvalue weighted by Gasteiger charge is 2.00. The maximum Gasteiger partial charge on any atom is 0.266 e. The zero-order valence-corrected chi connectivity index (χ0v) is 7.97. The van der Waals surface area contributed by atoms with E-state index in [1.807, 2.05) is 12.1 Å². The molecule has 0 fully saturated rings. The van der Waals surface area contributed by atoms with Crippen LogP contribution < -0.4 is 0 Å². The second-order valence-corrected chi connectivity index (χ2v) is 3.13. The van der Waals surface area contributed by atoms with E-state index in [2.05, 4.69) is 11.1 Å². The third-order valence-corrected chi connectivity index (χ3v) is 2.02. The van der Waals surface area contributed by atoms with Crippen LogP contribution in [0.1, 0.15) is 5.56 Å². The smallest absolute Gasteiger partial charge is 0.266 e. The van der Waals surface area contributed by atoms with E-state index < -0.39 is 0 Å². The minimum Gasteiger partial charge on any atom is -0.437 e. The lowest BCUT2D eigenvalue weighted by atomic mass is 10.1. The molecule has 0 atom stereocenters. The Bertz CT molecular complexity index is 547. The van der Waals surface area contributed by atoms with E-state index >= 15 is 0 Å². The molecular weight excluding hydrogens is 196 g/mol. The Morgan fingerprint density at radius 2 is 2.29 bits per heavy atom. The molecule has 0 unspecified atom stereocenters. The fraction of sp³-hybridized carbons (Fsp3) is 0. The third-order valence-electron chi connectivity index (χ3n) is 1.82. The first-order valence-electron chi connectivity index (χ1n) is 3.98. The number of H-pyrrole nitrogens is 1. The van der Waals surface area contributed by atoms with Gasteiger partial charge < -0.3 is 9.40 Å². The van der Waals surface area contributed by atoms with Crippen LogP contribution in [0.2, 0.25) is 0 Å². The Labute approximate surface area is 85.6 Å². The molecule has 68 valence electrons. The highest BCUT2D eigenvalue weighted by Crippen LogP contribution is 2.18. The zero-order valence-electron chi connectivity index (χ0n) is 7.15. The molecule has 1 N–H and O–H groups in total. The van der Waals surface area contributed by atoms with E-state index in [0.29, 0.717) is 10.4 Å². The first-order valence-corrected chi connectivity index (χ1v) is 4.39. The van der Waals surface area contributed by atoms with Crippen molar-refractivity contribution in [3.05, 3.63) is 40.9 Å². The molecule has 3 nitrogen and oxygen atoms in total. The van der Waals surface area contributed by atoms with Crippen LogP contribution in [0.4, 0.5) is 0 Å². The van der Waals surface area contributed by atoms with Gasteiger partial charge in [-0.1, -0.05) is 12.1 Å². The number of benzene rings is 1. The minimum absolute atomic E-state index is 0.336. The molecule has 0 aliphatic carbocycles. The summed E-state index contributed by atoms with van der Waals surface area (Å²) < 4.78 is 4.97. The molecule has 0 bridgehead atoms. The molecule has 14 heavy (non-hydrogen) atoms. The van der Waals surface area contributed by atoms with Crippen molar-refractivity contribution in [2.75, 3.05) is 0 Å². The Morgan fingerprint density at radius 3 is 2.93 bits per heavy atom. The lowest BCUT2D eigenvalue weighted by Crippen LogP contribution is -1.79. The number of rotatable bonds is 1. The molecule has 2 aromatic rings. The van der Waals surface area contributed by atoms with Crippen LogP contribution in [0.3, 0.4) is 0 Å². The van der Waals surface area contributed by atoms with Crippen molar-refractivity contribution in [2.24, 2.45) is 0 Å². The van der Waals surface area contributed by atoms with Gasteiger partial charge >= 0.3 is 0 Å². The average Bonchev–Trinajstić information content (AvgIpc) is 2.65. The maximum absolute atomic E-state index is 8.71. The first kappa shape index (κ1) is 8.73. The molecule has 0 aliphatic heterocycles. The topological polar surface area (TPSA) is 52.7 Å². The summed E-state index contributed by atoms with van der Waals surface area (Å²) in [4.78, 5) is 3.22. The minimum atomic E-state index is 0.336. The van der Waals surface area contributed by atoms with Gasteiger partial charge in [0.1, 0.15) is 6.26 Å². The van der Waals surface area contributed by atoms with E-state index in [4.69, 9.17) is 21.9 Å². The predicted octanol–water partition coefficient (Wildman–Crippen LogP) is 2.88. The van der Waals surface area contributed by atoms with Crippen molar-refractivity contribution in [3.63, 3.8) is 0 Å². The highest BCUT2D eigenvalue weighted by molar-refractivity contribution is 7.71. The molecule has 1 heterocycles. The number of nitrogens with zero attached hydrogens (tertiary/aromatic N) is 1. The van der Waals surface area contributed by atoms with Crippen molar-refractivity contribution in [1.29, 1.82) is 5.26 Å². The Morgan fingerprint density at radius 1 is 1.43 bits per heavy atom.